The van der Waals surface area contributed by atoms with E-state index < -0.39 is 0 Å². The van der Waals surface area contributed by atoms with Gasteiger partial charge in [0, 0.05) is 29.9 Å². The highest BCUT2D eigenvalue weighted by Crippen LogP contribution is 2.21. The van der Waals surface area contributed by atoms with E-state index in [0.29, 0.717) is 5.92 Å². The van der Waals surface area contributed by atoms with Crippen molar-refractivity contribution in [1.82, 2.24) is 15.5 Å². The second-order valence-corrected chi connectivity index (χ2v) is 7.98. The zero-order chi connectivity index (χ0) is 16.4. The number of hydrogen-bond donors (Lipinski definition) is 2. The smallest absolute Gasteiger partial charge is 0.261 e. The van der Waals surface area contributed by atoms with Gasteiger partial charge in [-0.05, 0) is 50.9 Å². The first kappa shape index (κ1) is 19.2. The molecular formula is C17H26ClN3O2S. The maximum atomic E-state index is 12.5. The van der Waals surface area contributed by atoms with Crippen LogP contribution in [0.4, 0.5) is 0 Å². The maximum absolute atomic E-state index is 12.5. The molecule has 3 rings (SSSR count). The van der Waals surface area contributed by atoms with Gasteiger partial charge in [0.2, 0.25) is 5.91 Å². The van der Waals surface area contributed by atoms with E-state index in [2.05, 4.69) is 10.6 Å². The molecule has 24 heavy (non-hydrogen) atoms. The van der Waals surface area contributed by atoms with Crippen LogP contribution >= 0.6 is 23.7 Å². The Hall–Kier alpha value is -1.11. The molecule has 2 amide bonds. The number of rotatable bonds is 4. The van der Waals surface area contributed by atoms with Gasteiger partial charge >= 0.3 is 0 Å². The largest absolute Gasteiger partial charge is 0.348 e. The Morgan fingerprint density at radius 2 is 1.96 bits per heavy atom. The van der Waals surface area contributed by atoms with E-state index in [4.69, 9.17) is 0 Å². The summed E-state index contributed by atoms with van der Waals surface area (Å²) in [6, 6.07) is 4.02. The van der Waals surface area contributed by atoms with Crippen LogP contribution in [-0.2, 0) is 4.79 Å². The summed E-state index contributed by atoms with van der Waals surface area (Å²) in [6.45, 7) is 7.46. The molecule has 7 heteroatoms. The summed E-state index contributed by atoms with van der Waals surface area (Å²) in [5, 5.41) is 6.33. The molecule has 1 aromatic rings. The first-order valence-electron chi connectivity index (χ1n) is 8.41. The van der Waals surface area contributed by atoms with Gasteiger partial charge in [-0.25, -0.2) is 0 Å². The highest BCUT2D eigenvalue weighted by molar-refractivity contribution is 7.13. The van der Waals surface area contributed by atoms with E-state index in [1.807, 2.05) is 30.9 Å². The summed E-state index contributed by atoms with van der Waals surface area (Å²) in [4.78, 5) is 28.6. The van der Waals surface area contributed by atoms with Gasteiger partial charge in [-0.15, -0.1) is 23.7 Å². The Balaban J connectivity index is 0.00000208. The Labute approximate surface area is 153 Å². The second-order valence-electron chi connectivity index (χ2n) is 6.69. The predicted molar refractivity (Wildman–Crippen MR) is 98.9 cm³/mol. The zero-order valence-corrected chi connectivity index (χ0v) is 15.8. The van der Waals surface area contributed by atoms with Crippen molar-refractivity contribution in [2.24, 2.45) is 11.8 Å². The number of aryl methyl sites for hydroxylation is 1. The van der Waals surface area contributed by atoms with Gasteiger partial charge in [0.15, 0.2) is 0 Å². The molecule has 134 valence electrons. The first-order chi connectivity index (χ1) is 11.0. The lowest BCUT2D eigenvalue weighted by Crippen LogP contribution is -2.53. The fourth-order valence-corrected chi connectivity index (χ4v) is 3.98. The molecule has 2 aliphatic heterocycles. The molecule has 0 radical (unpaired) electrons. The first-order valence-corrected chi connectivity index (χ1v) is 9.23. The molecule has 0 spiro atoms. The van der Waals surface area contributed by atoms with Gasteiger partial charge in [-0.1, -0.05) is 6.92 Å². The fourth-order valence-electron chi connectivity index (χ4n) is 3.21. The Kier molecular flexibility index (Phi) is 6.66. The van der Waals surface area contributed by atoms with E-state index in [9.17, 15) is 9.59 Å². The standard InChI is InChI=1S/C17H25N3O2S.ClH/c1-11-3-4-15(23-11)16(21)19-14-5-7-20(8-6-14)17(22)12(2)13-9-18-10-13;/h3-4,12-14,18H,5-10H2,1-2H3,(H,19,21);1H. The molecule has 1 aromatic heterocycles. The SMILES string of the molecule is Cc1ccc(C(=O)NC2CCN(C(=O)C(C)C3CNC3)CC2)s1.Cl. The Bertz CT molecular complexity index is 580. The van der Waals surface area contributed by atoms with E-state index >= 15 is 0 Å². The van der Waals surface area contributed by atoms with Gasteiger partial charge in [0.25, 0.3) is 5.91 Å². The number of hydrogen-bond acceptors (Lipinski definition) is 4. The number of nitrogens with zero attached hydrogens (tertiary/aromatic N) is 1. The molecule has 1 unspecified atom stereocenters. The third-order valence-corrected chi connectivity index (χ3v) is 6.02. The average molecular weight is 372 g/mol. The van der Waals surface area contributed by atoms with Crippen molar-refractivity contribution in [1.29, 1.82) is 0 Å². The zero-order valence-electron chi connectivity index (χ0n) is 14.2. The number of likely N-dealkylation sites (tertiary alicyclic amines) is 1. The van der Waals surface area contributed by atoms with Crippen LogP contribution in [0, 0.1) is 18.8 Å². The van der Waals surface area contributed by atoms with Crippen LogP contribution in [0.25, 0.3) is 0 Å². The van der Waals surface area contributed by atoms with Crippen LogP contribution in [0.15, 0.2) is 12.1 Å². The van der Waals surface area contributed by atoms with E-state index in [1.54, 1.807) is 0 Å². The van der Waals surface area contributed by atoms with Crippen LogP contribution in [0.5, 0.6) is 0 Å². The van der Waals surface area contributed by atoms with Crippen LogP contribution in [0.1, 0.15) is 34.3 Å². The molecule has 0 aromatic carbocycles. The number of carbonyl (C=O) groups excluding carboxylic acids is 2. The van der Waals surface area contributed by atoms with E-state index in [1.165, 1.54) is 11.3 Å². The van der Waals surface area contributed by atoms with Gasteiger partial charge < -0.3 is 15.5 Å². The second kappa shape index (κ2) is 8.32. The molecule has 0 bridgehead atoms. The number of nitrogens with one attached hydrogen (secondary N) is 2. The lowest BCUT2D eigenvalue weighted by atomic mass is 9.87. The lowest BCUT2D eigenvalue weighted by Gasteiger charge is -2.38. The maximum Gasteiger partial charge on any atom is 0.261 e. The van der Waals surface area contributed by atoms with Crippen molar-refractivity contribution in [3.8, 4) is 0 Å². The highest BCUT2D eigenvalue weighted by atomic mass is 35.5. The molecular weight excluding hydrogens is 346 g/mol. The van der Waals surface area contributed by atoms with Gasteiger partial charge in [-0.2, -0.15) is 0 Å². The van der Waals surface area contributed by atoms with E-state index in [0.717, 1.165) is 48.8 Å². The molecule has 2 aliphatic rings. The summed E-state index contributed by atoms with van der Waals surface area (Å²) < 4.78 is 0. The molecule has 0 saturated carbocycles. The number of carbonyl (C=O) groups is 2. The fraction of sp³-hybridized carbons (Fsp3) is 0.647. The van der Waals surface area contributed by atoms with Crippen LogP contribution in [0.2, 0.25) is 0 Å². The quantitative estimate of drug-likeness (QED) is 0.851. The van der Waals surface area contributed by atoms with Crippen molar-refractivity contribution >= 4 is 35.6 Å². The number of piperidine rings is 1. The Morgan fingerprint density at radius 3 is 2.46 bits per heavy atom. The van der Waals surface area contributed by atoms with E-state index in [-0.39, 0.29) is 36.2 Å². The van der Waals surface area contributed by atoms with Gasteiger partial charge in [0.05, 0.1) is 4.88 Å². The molecule has 2 saturated heterocycles. The van der Waals surface area contributed by atoms with Crippen LogP contribution in [0.3, 0.4) is 0 Å². The monoisotopic (exact) mass is 371 g/mol. The van der Waals surface area contributed by atoms with Gasteiger partial charge in [-0.3, -0.25) is 9.59 Å². The summed E-state index contributed by atoms with van der Waals surface area (Å²) >= 11 is 1.52. The molecule has 1 atom stereocenters. The third-order valence-electron chi connectivity index (χ3n) is 5.02. The number of amides is 2. The van der Waals surface area contributed by atoms with Crippen molar-refractivity contribution in [3.05, 3.63) is 21.9 Å². The highest BCUT2D eigenvalue weighted by Gasteiger charge is 2.33. The molecule has 5 nitrogen and oxygen atoms in total. The predicted octanol–water partition coefficient (Wildman–Crippen LogP) is 2.05. The summed E-state index contributed by atoms with van der Waals surface area (Å²) in [6.07, 6.45) is 1.69. The normalized spacial score (nSPS) is 20.0. The minimum Gasteiger partial charge on any atom is -0.348 e. The minimum absolute atomic E-state index is 0. The molecule has 3 heterocycles. The molecule has 2 fully saturated rings. The summed E-state index contributed by atoms with van der Waals surface area (Å²) in [7, 11) is 0. The van der Waals surface area contributed by atoms with Crippen molar-refractivity contribution < 1.29 is 9.59 Å². The summed E-state index contributed by atoms with van der Waals surface area (Å²) in [5.41, 5.74) is 0. The van der Waals surface area contributed by atoms with Crippen molar-refractivity contribution in [2.45, 2.75) is 32.7 Å². The number of halogens is 1. The van der Waals surface area contributed by atoms with Crippen molar-refractivity contribution in [2.75, 3.05) is 26.2 Å². The van der Waals surface area contributed by atoms with Crippen LogP contribution < -0.4 is 10.6 Å². The minimum atomic E-state index is 0. The average Bonchev–Trinajstić information content (AvgIpc) is 2.92. The summed E-state index contributed by atoms with van der Waals surface area (Å²) in [5.74, 6) is 0.885. The number of thiophene rings is 1. The topological polar surface area (TPSA) is 61.4 Å². The van der Waals surface area contributed by atoms with Crippen molar-refractivity contribution in [3.63, 3.8) is 0 Å². The molecule has 0 aliphatic carbocycles. The lowest BCUT2D eigenvalue weighted by molar-refractivity contribution is -0.138. The Morgan fingerprint density at radius 1 is 1.29 bits per heavy atom. The van der Waals surface area contributed by atoms with Gasteiger partial charge in [0.1, 0.15) is 0 Å². The molecule has 2 N–H and O–H groups in total. The van der Waals surface area contributed by atoms with Crippen LogP contribution in [-0.4, -0.2) is 48.9 Å². The third kappa shape index (κ3) is 4.29.